The van der Waals surface area contributed by atoms with E-state index < -0.39 is 92.8 Å². The molecule has 2 aliphatic rings. The molecule has 6 heterocycles. The average molecular weight is 1110 g/mol. The number of alkyl halides is 5. The standard InChI is InChI=1S/C25H22F5N3O4S.C13H15N3O.C11H11F2NO4S.ClH/c1-37-23-13-31-18(11-20(23)15-2-9-24(32-12-15)25(28,29)30)5-8-22(34)21-10-17(27)14-33(21)38(35,36)19-6-3-16(26)4-7-19;1-9-3-4-10(7-15-9)12-5-11(6-14)16-8-13(12)17-2;12-7-1-3-9(4-2-7)19(17,18)14-6-8(13)5-10(14)11(15)16;/h2-4,6-7,9,11-13,17,21H,5,8,10,14H2,1H3;3-5,7-8H,6,14H2,1-2H3;1-4,8,10H,5-6H2,(H,15,16);1H/t17-,21+;;8-,10+;/m1.1./s1. The zero-order valence-electron chi connectivity index (χ0n) is 40.0. The number of aryl methyl sites for hydroxylation is 2. The molecule has 0 saturated carbocycles. The number of carbonyl (C=O) groups is 2. The molecule has 0 spiro atoms. The summed E-state index contributed by atoms with van der Waals surface area (Å²) < 4.78 is 154. The number of methoxy groups -OCH3 is 2. The molecule has 0 radical (unpaired) electrons. The van der Waals surface area contributed by atoms with Crippen molar-refractivity contribution in [1.29, 1.82) is 0 Å². The molecule has 8 rings (SSSR count). The molecule has 0 aliphatic carbocycles. The summed E-state index contributed by atoms with van der Waals surface area (Å²) in [7, 11) is -5.39. The third-order valence-electron chi connectivity index (χ3n) is 11.6. The molecule has 0 bridgehead atoms. The van der Waals surface area contributed by atoms with Gasteiger partial charge in [0.25, 0.3) is 0 Å². The maximum Gasteiger partial charge on any atom is 0.433 e. The van der Waals surface area contributed by atoms with Crippen LogP contribution in [0.3, 0.4) is 0 Å². The van der Waals surface area contributed by atoms with Gasteiger partial charge in [0.05, 0.1) is 48.1 Å². The molecule has 4 atom stereocenters. The Bertz CT molecular complexity index is 3150. The number of sulfonamides is 2. The van der Waals surface area contributed by atoms with E-state index in [1.54, 1.807) is 13.3 Å². The first-order valence-electron chi connectivity index (χ1n) is 22.3. The molecule has 6 aromatic rings. The monoisotopic (exact) mass is 1110 g/mol. The van der Waals surface area contributed by atoms with E-state index in [4.69, 9.17) is 20.3 Å². The number of carboxylic acids is 1. The third-order valence-corrected chi connectivity index (χ3v) is 15.4. The Balaban J connectivity index is 0.000000234. The quantitative estimate of drug-likeness (QED) is 0.0988. The number of hydrogen-bond donors (Lipinski definition) is 2. The topological polar surface area (TPSA) is 225 Å². The van der Waals surface area contributed by atoms with E-state index >= 15 is 0 Å². The molecule has 402 valence electrons. The van der Waals surface area contributed by atoms with E-state index in [-0.39, 0.29) is 53.6 Å². The summed E-state index contributed by atoms with van der Waals surface area (Å²) in [6, 6.07) is 14.8. The molecule has 2 aliphatic heterocycles. The largest absolute Gasteiger partial charge is 0.494 e. The molecule has 16 nitrogen and oxygen atoms in total. The van der Waals surface area contributed by atoms with Gasteiger partial charge in [-0.05, 0) is 86.1 Å². The normalized spacial score (nSPS) is 17.9. The van der Waals surface area contributed by atoms with Crippen LogP contribution < -0.4 is 15.2 Å². The smallest absolute Gasteiger partial charge is 0.433 e. The van der Waals surface area contributed by atoms with Crippen molar-refractivity contribution in [3.63, 3.8) is 0 Å². The van der Waals surface area contributed by atoms with Crippen molar-refractivity contribution < 1.29 is 71.7 Å². The maximum atomic E-state index is 14.3. The summed E-state index contributed by atoms with van der Waals surface area (Å²) >= 11 is 0. The number of carbonyl (C=O) groups excluding carboxylic acids is 1. The van der Waals surface area contributed by atoms with Gasteiger partial charge in [0.15, 0.2) is 5.78 Å². The van der Waals surface area contributed by atoms with Crippen LogP contribution in [-0.4, -0.2) is 114 Å². The Labute approximate surface area is 433 Å². The molecule has 0 unspecified atom stereocenters. The number of pyridine rings is 4. The molecule has 2 saturated heterocycles. The van der Waals surface area contributed by atoms with E-state index in [1.165, 1.54) is 25.4 Å². The molecule has 75 heavy (non-hydrogen) atoms. The molecule has 26 heteroatoms. The lowest BCUT2D eigenvalue weighted by molar-refractivity contribution is -0.141. The van der Waals surface area contributed by atoms with E-state index in [0.29, 0.717) is 27.7 Å². The SMILES string of the molecule is COc1cnc(CCC(=O)[C@@H]2C[C@@H](F)CN2S(=O)(=O)c2ccc(F)cc2)cc1-c1ccc(C(F)(F)F)nc1.COc1cnc(CN)cc1-c1ccc(C)nc1.Cl.O=C(O)[C@@H]1C[C@@H](F)CN1S(=O)(=O)c1ccc(F)cc1. The molecule has 4 aromatic heterocycles. The highest BCUT2D eigenvalue weighted by Gasteiger charge is 2.45. The number of carboxylic acid groups (broad SMARTS) is 1. The van der Waals surface area contributed by atoms with Crippen molar-refractivity contribution in [3.05, 3.63) is 144 Å². The number of nitrogens with zero attached hydrogens (tertiary/aromatic N) is 6. The first kappa shape index (κ1) is 59.2. The van der Waals surface area contributed by atoms with E-state index in [0.717, 1.165) is 93.4 Å². The number of aliphatic carboxylic acids is 1. The minimum Gasteiger partial charge on any atom is -0.494 e. The number of halogens is 8. The zero-order valence-corrected chi connectivity index (χ0v) is 42.4. The van der Waals surface area contributed by atoms with Crippen LogP contribution in [0.4, 0.5) is 30.7 Å². The van der Waals surface area contributed by atoms with Crippen molar-refractivity contribution >= 4 is 44.2 Å². The van der Waals surface area contributed by atoms with Crippen molar-refractivity contribution in [1.82, 2.24) is 28.5 Å². The molecular formula is C49H49ClF7N7O9S2. The maximum absolute atomic E-state index is 14.3. The van der Waals surface area contributed by atoms with Crippen LogP contribution in [0.1, 0.15) is 42.0 Å². The second-order valence-corrected chi connectivity index (χ2v) is 20.4. The highest BCUT2D eigenvalue weighted by Crippen LogP contribution is 2.35. The van der Waals surface area contributed by atoms with Crippen molar-refractivity contribution in [2.45, 2.75) is 79.5 Å². The molecule has 2 fully saturated rings. The summed E-state index contributed by atoms with van der Waals surface area (Å²) in [5, 5.41) is 8.92. The van der Waals surface area contributed by atoms with Crippen LogP contribution in [-0.2, 0) is 48.8 Å². The highest BCUT2D eigenvalue weighted by molar-refractivity contribution is 7.89. The molecule has 0 amide bonds. The Morgan fingerprint density at radius 1 is 0.680 bits per heavy atom. The van der Waals surface area contributed by atoms with E-state index in [1.807, 2.05) is 31.3 Å². The van der Waals surface area contributed by atoms with Crippen molar-refractivity contribution in [3.8, 4) is 33.8 Å². The predicted molar refractivity (Wildman–Crippen MR) is 261 cm³/mol. The van der Waals surface area contributed by atoms with Crippen LogP contribution in [0.2, 0.25) is 0 Å². The van der Waals surface area contributed by atoms with Crippen LogP contribution in [0.25, 0.3) is 22.3 Å². The number of nitrogens with two attached hydrogens (primary N) is 1. The Morgan fingerprint density at radius 2 is 1.13 bits per heavy atom. The number of hydrogen-bond acceptors (Lipinski definition) is 13. The summed E-state index contributed by atoms with van der Waals surface area (Å²) in [5.74, 6) is -2.17. The van der Waals surface area contributed by atoms with Gasteiger partial charge in [0.2, 0.25) is 20.0 Å². The summed E-state index contributed by atoms with van der Waals surface area (Å²) in [5.41, 5.74) is 9.45. The lowest BCUT2D eigenvalue weighted by Gasteiger charge is -2.22. The van der Waals surface area contributed by atoms with Gasteiger partial charge < -0.3 is 20.3 Å². The van der Waals surface area contributed by atoms with Crippen molar-refractivity contribution in [2.24, 2.45) is 5.73 Å². The van der Waals surface area contributed by atoms with Gasteiger partial charge in [-0.25, -0.2) is 34.4 Å². The first-order valence-corrected chi connectivity index (χ1v) is 25.2. The number of Topliss-reactive ketones (excluding diaryl/α,β-unsaturated/α-hetero) is 1. The number of ketones is 1. The Morgan fingerprint density at radius 3 is 1.56 bits per heavy atom. The van der Waals surface area contributed by atoms with Gasteiger partial charge in [0, 0.05) is 84.9 Å². The second kappa shape index (κ2) is 25.3. The summed E-state index contributed by atoms with van der Waals surface area (Å²) in [6.45, 7) is 1.37. The van der Waals surface area contributed by atoms with Crippen LogP contribution in [0, 0.1) is 18.6 Å². The van der Waals surface area contributed by atoms with E-state index in [9.17, 15) is 57.2 Å². The fraction of sp³-hybridized carbons (Fsp3) is 0.306. The minimum absolute atomic E-state index is 0. The van der Waals surface area contributed by atoms with Gasteiger partial charge >= 0.3 is 12.1 Å². The van der Waals surface area contributed by atoms with Gasteiger partial charge in [-0.15, -0.1) is 12.4 Å². The van der Waals surface area contributed by atoms with Crippen LogP contribution in [0.15, 0.2) is 120 Å². The van der Waals surface area contributed by atoms with Crippen LogP contribution >= 0.6 is 12.4 Å². The lowest BCUT2D eigenvalue weighted by atomic mass is 10.0. The van der Waals surface area contributed by atoms with Gasteiger partial charge in [0.1, 0.15) is 47.2 Å². The van der Waals surface area contributed by atoms with Gasteiger partial charge in [-0.3, -0.25) is 29.5 Å². The average Bonchev–Trinajstić information content (AvgIpc) is 4.00. The minimum atomic E-state index is -4.59. The Kier molecular flexibility index (Phi) is 20.0. The molecular weight excluding hydrogens is 1060 g/mol. The third kappa shape index (κ3) is 14.6. The second-order valence-electron chi connectivity index (χ2n) is 16.6. The fourth-order valence-electron chi connectivity index (χ4n) is 7.81. The summed E-state index contributed by atoms with van der Waals surface area (Å²) in [4.78, 5) is 39.6. The fourth-order valence-corrected chi connectivity index (χ4v) is 11.1. The van der Waals surface area contributed by atoms with E-state index in [2.05, 4.69) is 19.9 Å². The number of aromatic nitrogens is 4. The molecule has 3 N–H and O–H groups in total. The lowest BCUT2D eigenvalue weighted by Crippen LogP contribution is -2.40. The number of benzene rings is 2. The van der Waals surface area contributed by atoms with Gasteiger partial charge in [-0.1, -0.05) is 12.1 Å². The molecule has 2 aromatic carbocycles. The first-order chi connectivity index (χ1) is 35.0. The number of ether oxygens (including phenoxy) is 2. The van der Waals surface area contributed by atoms with Crippen LogP contribution in [0.5, 0.6) is 11.5 Å². The Hall–Kier alpha value is -6.64. The predicted octanol–water partition coefficient (Wildman–Crippen LogP) is 7.97. The summed E-state index contributed by atoms with van der Waals surface area (Å²) in [6.07, 6.45) is -2.53. The van der Waals surface area contributed by atoms with Crippen molar-refractivity contribution in [2.75, 3.05) is 27.3 Å². The highest BCUT2D eigenvalue weighted by atomic mass is 35.5. The van der Waals surface area contributed by atoms with Gasteiger partial charge in [-0.2, -0.15) is 21.8 Å². The number of rotatable bonds is 14. The zero-order chi connectivity index (χ0) is 54.1.